The summed E-state index contributed by atoms with van der Waals surface area (Å²) in [5.74, 6) is -0.891. The molecule has 1 aromatic carbocycles. The summed E-state index contributed by atoms with van der Waals surface area (Å²) in [5.41, 5.74) is 8.21. The molecular formula is C26H31F3N4O3. The van der Waals surface area contributed by atoms with Crippen molar-refractivity contribution in [2.45, 2.75) is 76.2 Å². The van der Waals surface area contributed by atoms with Crippen LogP contribution in [-0.2, 0) is 17.7 Å². The third-order valence-electron chi connectivity index (χ3n) is 7.97. The van der Waals surface area contributed by atoms with Crippen LogP contribution in [0, 0.1) is 11.8 Å². The van der Waals surface area contributed by atoms with Gasteiger partial charge in [0.1, 0.15) is 6.10 Å². The van der Waals surface area contributed by atoms with Crippen molar-refractivity contribution in [3.8, 4) is 0 Å². The molecule has 1 atom stereocenters. The Morgan fingerprint density at radius 2 is 1.78 bits per heavy atom. The van der Waals surface area contributed by atoms with Crippen LogP contribution < -0.4 is 11.3 Å². The molecular weight excluding hydrogens is 473 g/mol. The van der Waals surface area contributed by atoms with Crippen LogP contribution in [-0.4, -0.2) is 39.4 Å². The molecule has 0 radical (unpaired) electrons. The Morgan fingerprint density at radius 1 is 1.08 bits per heavy atom. The first-order valence-electron chi connectivity index (χ1n) is 12.7. The van der Waals surface area contributed by atoms with Gasteiger partial charge in [-0.05, 0) is 56.4 Å². The molecule has 0 spiro atoms. The van der Waals surface area contributed by atoms with E-state index in [1.54, 1.807) is 4.57 Å². The van der Waals surface area contributed by atoms with Crippen LogP contribution in [0.5, 0.6) is 0 Å². The van der Waals surface area contributed by atoms with Crippen molar-refractivity contribution in [3.05, 3.63) is 57.5 Å². The van der Waals surface area contributed by atoms with Gasteiger partial charge in [-0.3, -0.25) is 9.36 Å². The zero-order chi connectivity index (χ0) is 25.4. The lowest BCUT2D eigenvalue weighted by Crippen LogP contribution is -2.44. The van der Waals surface area contributed by atoms with Crippen LogP contribution in [0.4, 0.5) is 23.9 Å². The van der Waals surface area contributed by atoms with Crippen LogP contribution in [0.25, 0.3) is 0 Å². The first kappa shape index (κ1) is 24.6. The highest BCUT2D eigenvalue weighted by Gasteiger charge is 2.42. The standard InChI is InChI=1S/C26H31F3N4O3/c27-26(28,29)18-9-11-19(12-10-18)36-25(35)32-14-13-20-21(15-32)31-24(30)33(23(20)34)22(17-7-4-8-17)16-5-2-1-3-6-16/h1-3,5-6,17-19,22H,4,7-15H2,(H2,30,31)/t18-,19+,22?. The molecule has 2 aliphatic carbocycles. The van der Waals surface area contributed by atoms with Crippen LogP contribution in [0.15, 0.2) is 35.1 Å². The minimum atomic E-state index is -4.21. The first-order chi connectivity index (χ1) is 17.2. The molecule has 0 saturated heterocycles. The number of fused-ring (bicyclic) bond motifs is 1. The van der Waals surface area contributed by atoms with Gasteiger partial charge in [-0.15, -0.1) is 0 Å². The number of carbonyl (C=O) groups excluding carboxylic acids is 1. The highest BCUT2D eigenvalue weighted by atomic mass is 19.4. The van der Waals surface area contributed by atoms with Gasteiger partial charge in [-0.1, -0.05) is 36.8 Å². The summed E-state index contributed by atoms with van der Waals surface area (Å²) in [6.07, 6.45) is -1.52. The number of rotatable bonds is 4. The number of anilines is 1. The monoisotopic (exact) mass is 504 g/mol. The van der Waals surface area contributed by atoms with Gasteiger partial charge in [-0.2, -0.15) is 13.2 Å². The molecule has 0 bridgehead atoms. The SMILES string of the molecule is Nc1nc2c(c(=O)n1C(c1ccccc1)C1CCC1)CCN(C(=O)O[C@H]1CC[C@@H](C(F)(F)F)CC1)C2. The summed E-state index contributed by atoms with van der Waals surface area (Å²) in [7, 11) is 0. The summed E-state index contributed by atoms with van der Waals surface area (Å²) in [4.78, 5) is 32.4. The number of nitrogens with zero attached hydrogens (tertiary/aromatic N) is 3. The second-order valence-corrected chi connectivity index (χ2v) is 10.2. The molecule has 5 rings (SSSR count). The quantitative estimate of drug-likeness (QED) is 0.644. The molecule has 2 fully saturated rings. The van der Waals surface area contributed by atoms with E-state index in [9.17, 15) is 22.8 Å². The zero-order valence-electron chi connectivity index (χ0n) is 20.0. The molecule has 1 aliphatic heterocycles. The van der Waals surface area contributed by atoms with Crippen molar-refractivity contribution < 1.29 is 22.7 Å². The van der Waals surface area contributed by atoms with Crippen LogP contribution in [0.2, 0.25) is 0 Å². The number of nitrogens with two attached hydrogens (primary N) is 1. The lowest BCUT2D eigenvalue weighted by Gasteiger charge is -2.37. The molecule has 194 valence electrons. The lowest BCUT2D eigenvalue weighted by atomic mass is 9.77. The average Bonchev–Trinajstić information content (AvgIpc) is 2.82. The van der Waals surface area contributed by atoms with E-state index in [0.29, 0.717) is 23.6 Å². The van der Waals surface area contributed by atoms with Gasteiger partial charge < -0.3 is 15.4 Å². The van der Waals surface area contributed by atoms with Crippen molar-refractivity contribution >= 4 is 12.0 Å². The number of alkyl halides is 3. The smallest absolute Gasteiger partial charge is 0.410 e. The Balaban J connectivity index is 1.31. The van der Waals surface area contributed by atoms with E-state index >= 15 is 0 Å². The van der Waals surface area contributed by atoms with Gasteiger partial charge >= 0.3 is 12.3 Å². The molecule has 2 aromatic rings. The average molecular weight is 505 g/mol. The number of aromatic nitrogens is 2. The number of hydrogen-bond acceptors (Lipinski definition) is 5. The van der Waals surface area contributed by atoms with E-state index in [-0.39, 0.29) is 56.3 Å². The fourth-order valence-electron chi connectivity index (χ4n) is 5.71. The van der Waals surface area contributed by atoms with Gasteiger partial charge in [0.25, 0.3) is 5.56 Å². The molecule has 2 saturated carbocycles. The predicted molar refractivity (Wildman–Crippen MR) is 127 cm³/mol. The largest absolute Gasteiger partial charge is 0.446 e. The van der Waals surface area contributed by atoms with Crippen LogP contribution in [0.3, 0.4) is 0 Å². The number of nitrogen functional groups attached to an aromatic ring is 1. The Morgan fingerprint density at radius 3 is 2.39 bits per heavy atom. The predicted octanol–water partition coefficient (Wildman–Crippen LogP) is 4.83. The van der Waals surface area contributed by atoms with E-state index in [4.69, 9.17) is 10.5 Å². The Hall–Kier alpha value is -3.04. The number of hydrogen-bond donors (Lipinski definition) is 1. The molecule has 36 heavy (non-hydrogen) atoms. The van der Waals surface area contributed by atoms with E-state index < -0.39 is 24.3 Å². The van der Waals surface area contributed by atoms with Gasteiger partial charge in [0.05, 0.1) is 24.2 Å². The maximum Gasteiger partial charge on any atom is 0.410 e. The van der Waals surface area contributed by atoms with E-state index in [0.717, 1.165) is 24.8 Å². The van der Waals surface area contributed by atoms with Crippen LogP contribution >= 0.6 is 0 Å². The molecule has 2 heterocycles. The summed E-state index contributed by atoms with van der Waals surface area (Å²) in [6, 6.07) is 9.68. The van der Waals surface area contributed by atoms with E-state index in [1.807, 2.05) is 30.3 Å². The number of ether oxygens (including phenoxy) is 1. The maximum absolute atomic E-state index is 13.6. The minimum absolute atomic E-state index is 0.0362. The van der Waals surface area contributed by atoms with E-state index in [2.05, 4.69) is 4.98 Å². The van der Waals surface area contributed by atoms with Gasteiger partial charge in [0.15, 0.2) is 0 Å². The summed E-state index contributed by atoms with van der Waals surface area (Å²) < 4.78 is 45.9. The molecule has 10 heteroatoms. The molecule has 7 nitrogen and oxygen atoms in total. The van der Waals surface area contributed by atoms with E-state index in [1.165, 1.54) is 4.90 Å². The summed E-state index contributed by atoms with van der Waals surface area (Å²) in [6.45, 7) is 0.371. The fourth-order valence-corrected chi connectivity index (χ4v) is 5.71. The van der Waals surface area contributed by atoms with Crippen molar-refractivity contribution in [2.75, 3.05) is 12.3 Å². The van der Waals surface area contributed by atoms with Gasteiger partial charge in [0, 0.05) is 12.1 Å². The normalized spacial score (nSPS) is 23.5. The molecule has 1 unspecified atom stereocenters. The number of carbonyl (C=O) groups is 1. The third kappa shape index (κ3) is 4.82. The highest BCUT2D eigenvalue weighted by Crippen LogP contribution is 2.41. The summed E-state index contributed by atoms with van der Waals surface area (Å²) >= 11 is 0. The first-order valence-corrected chi connectivity index (χ1v) is 12.7. The lowest BCUT2D eigenvalue weighted by molar-refractivity contribution is -0.186. The Kier molecular flexibility index (Phi) is 6.70. The zero-order valence-corrected chi connectivity index (χ0v) is 20.0. The molecule has 1 amide bonds. The Bertz CT molecular complexity index is 1160. The second-order valence-electron chi connectivity index (χ2n) is 10.2. The minimum Gasteiger partial charge on any atom is -0.446 e. The number of benzene rings is 1. The number of halogens is 3. The summed E-state index contributed by atoms with van der Waals surface area (Å²) in [5, 5.41) is 0. The van der Waals surface area contributed by atoms with Crippen LogP contribution in [0.1, 0.15) is 67.8 Å². The topological polar surface area (TPSA) is 90.5 Å². The van der Waals surface area contributed by atoms with Gasteiger partial charge in [0.2, 0.25) is 5.95 Å². The molecule has 2 N–H and O–H groups in total. The third-order valence-corrected chi connectivity index (χ3v) is 7.97. The maximum atomic E-state index is 13.6. The van der Waals surface area contributed by atoms with Crippen molar-refractivity contribution in [2.24, 2.45) is 11.8 Å². The Labute approximate surface area is 207 Å². The second kappa shape index (κ2) is 9.78. The van der Waals surface area contributed by atoms with Gasteiger partial charge in [-0.25, -0.2) is 9.78 Å². The molecule has 1 aromatic heterocycles. The number of amides is 1. The van der Waals surface area contributed by atoms with Crippen molar-refractivity contribution in [1.29, 1.82) is 0 Å². The molecule has 3 aliphatic rings. The fraction of sp³-hybridized carbons (Fsp3) is 0.577. The van der Waals surface area contributed by atoms with Crippen molar-refractivity contribution in [3.63, 3.8) is 0 Å². The van der Waals surface area contributed by atoms with Crippen molar-refractivity contribution in [1.82, 2.24) is 14.5 Å². The highest BCUT2D eigenvalue weighted by molar-refractivity contribution is 5.68.